The SMILES string of the molecule is CO[C@@]1(NC(=O)c2ccccc2)C(=O)N2C(C(=O)OC(c3ccccc3)c3ccccc3)=C(CSc3nnnn3CCO)CO[C@@H]21. The van der Waals surface area contributed by atoms with Gasteiger partial charge in [-0.2, -0.15) is 0 Å². The number of β-lactam (4-membered cyclic amide) rings is 1. The maximum Gasteiger partial charge on any atom is 0.356 e. The molecule has 0 saturated carbocycles. The molecule has 2 N–H and O–H groups in total. The van der Waals surface area contributed by atoms with E-state index in [-0.39, 0.29) is 31.2 Å². The number of methoxy groups -OCH3 is 1. The highest BCUT2D eigenvalue weighted by molar-refractivity contribution is 7.99. The molecule has 13 nitrogen and oxygen atoms in total. The first-order valence-corrected chi connectivity index (χ1v) is 15.4. The quantitative estimate of drug-likeness (QED) is 0.101. The number of thioether (sulfide) groups is 1. The van der Waals surface area contributed by atoms with Crippen molar-refractivity contribution in [1.82, 2.24) is 30.4 Å². The molecule has 46 heavy (non-hydrogen) atoms. The molecule has 1 saturated heterocycles. The van der Waals surface area contributed by atoms with Gasteiger partial charge in [0.1, 0.15) is 5.70 Å². The molecule has 0 spiro atoms. The zero-order valence-corrected chi connectivity index (χ0v) is 25.5. The third-order valence-electron chi connectivity index (χ3n) is 7.58. The molecule has 4 aromatic rings. The topological polar surface area (TPSA) is 158 Å². The zero-order valence-electron chi connectivity index (χ0n) is 24.7. The Labute approximate surface area is 268 Å². The number of carbonyl (C=O) groups is 3. The first-order chi connectivity index (χ1) is 22.5. The van der Waals surface area contributed by atoms with Gasteiger partial charge in [-0.3, -0.25) is 14.5 Å². The molecule has 0 unspecified atom stereocenters. The zero-order chi connectivity index (χ0) is 32.1. The Morgan fingerprint density at radius 2 is 1.67 bits per heavy atom. The van der Waals surface area contributed by atoms with Gasteiger partial charge in [-0.25, -0.2) is 9.48 Å². The predicted molar refractivity (Wildman–Crippen MR) is 164 cm³/mol. The summed E-state index contributed by atoms with van der Waals surface area (Å²) in [7, 11) is 1.29. The minimum Gasteiger partial charge on any atom is -0.448 e. The van der Waals surface area contributed by atoms with Crippen LogP contribution in [0.2, 0.25) is 0 Å². The van der Waals surface area contributed by atoms with Gasteiger partial charge >= 0.3 is 5.97 Å². The number of nitrogens with zero attached hydrogens (tertiary/aromatic N) is 5. The molecular weight excluding hydrogens is 612 g/mol. The first kappa shape index (κ1) is 31.1. The number of fused-ring (bicyclic) bond motifs is 1. The van der Waals surface area contributed by atoms with Crippen molar-refractivity contribution in [2.75, 3.05) is 26.1 Å². The average molecular weight is 643 g/mol. The Morgan fingerprint density at radius 1 is 1.04 bits per heavy atom. The number of amides is 2. The number of rotatable bonds is 12. The second-order valence-corrected chi connectivity index (χ2v) is 11.3. The van der Waals surface area contributed by atoms with Gasteiger partial charge in [0.05, 0.1) is 19.8 Å². The van der Waals surface area contributed by atoms with E-state index in [1.54, 1.807) is 30.3 Å². The normalized spacial score (nSPS) is 19.1. The van der Waals surface area contributed by atoms with Gasteiger partial charge in [-0.1, -0.05) is 90.6 Å². The van der Waals surface area contributed by atoms with E-state index >= 15 is 0 Å². The lowest BCUT2D eigenvalue weighted by molar-refractivity contribution is -0.256. The lowest BCUT2D eigenvalue weighted by Crippen LogP contribution is -2.82. The van der Waals surface area contributed by atoms with Gasteiger partial charge in [-0.05, 0) is 39.3 Å². The van der Waals surface area contributed by atoms with Crippen molar-refractivity contribution in [2.24, 2.45) is 0 Å². The van der Waals surface area contributed by atoms with Crippen LogP contribution in [0.25, 0.3) is 0 Å². The highest BCUT2D eigenvalue weighted by Crippen LogP contribution is 2.42. The van der Waals surface area contributed by atoms with Crippen molar-refractivity contribution in [3.8, 4) is 0 Å². The lowest BCUT2D eigenvalue weighted by atomic mass is 9.94. The van der Waals surface area contributed by atoms with Crippen molar-refractivity contribution in [3.63, 3.8) is 0 Å². The summed E-state index contributed by atoms with van der Waals surface area (Å²) in [6.45, 7) is -0.0685. The van der Waals surface area contributed by atoms with Crippen LogP contribution in [0.1, 0.15) is 27.6 Å². The van der Waals surface area contributed by atoms with Crippen molar-refractivity contribution in [3.05, 3.63) is 119 Å². The smallest absolute Gasteiger partial charge is 0.356 e. The van der Waals surface area contributed by atoms with Crippen LogP contribution in [0.5, 0.6) is 0 Å². The van der Waals surface area contributed by atoms with E-state index in [9.17, 15) is 19.5 Å². The predicted octanol–water partition coefficient (Wildman–Crippen LogP) is 2.32. The van der Waals surface area contributed by atoms with Crippen LogP contribution in [0.4, 0.5) is 0 Å². The number of aliphatic hydroxyl groups is 1. The van der Waals surface area contributed by atoms with E-state index in [4.69, 9.17) is 14.2 Å². The van der Waals surface area contributed by atoms with Crippen molar-refractivity contribution in [2.45, 2.75) is 29.8 Å². The standard InChI is InChI=1S/C32H30N6O7S/c1-43-32(33-27(40)23-15-9-4-10-16-23)29(42)38-25(24(19-44-30(32)38)20-46-31-34-35-36-37(31)17-18-39)28(41)45-26(21-11-5-2-6-12-21)22-13-7-3-8-14-22/h2-16,26,30,39H,17-20H2,1H3,(H,33,40)/t30-,32+/m1/s1. The number of ether oxygens (including phenoxy) is 3. The molecule has 1 fully saturated rings. The maximum atomic E-state index is 14.2. The minimum atomic E-state index is -1.87. The molecule has 0 bridgehead atoms. The highest BCUT2D eigenvalue weighted by Gasteiger charge is 2.67. The number of hydrogen-bond donors (Lipinski definition) is 2. The Hall–Kier alpha value is -4.89. The first-order valence-electron chi connectivity index (χ1n) is 14.4. The number of aliphatic hydroxyl groups excluding tert-OH is 1. The molecule has 14 heteroatoms. The average Bonchev–Trinajstić information content (AvgIpc) is 3.55. The van der Waals surface area contributed by atoms with Crippen LogP contribution in [0, 0.1) is 0 Å². The molecule has 2 amide bonds. The van der Waals surface area contributed by atoms with Gasteiger partial charge < -0.3 is 24.6 Å². The van der Waals surface area contributed by atoms with Gasteiger partial charge in [0.15, 0.2) is 12.3 Å². The number of tetrazole rings is 1. The fourth-order valence-corrected chi connectivity index (χ4v) is 6.20. The lowest BCUT2D eigenvalue weighted by Gasteiger charge is -2.55. The molecule has 2 atom stereocenters. The van der Waals surface area contributed by atoms with Crippen LogP contribution in [0.3, 0.4) is 0 Å². The summed E-state index contributed by atoms with van der Waals surface area (Å²) in [5, 5.41) is 24.0. The van der Waals surface area contributed by atoms with E-state index in [0.29, 0.717) is 16.3 Å². The third-order valence-corrected chi connectivity index (χ3v) is 8.62. The summed E-state index contributed by atoms with van der Waals surface area (Å²) >= 11 is 1.21. The molecular formula is C32H30N6O7S. The molecule has 2 aliphatic heterocycles. The fourth-order valence-electron chi connectivity index (χ4n) is 5.31. The number of hydrogen-bond acceptors (Lipinski definition) is 11. The Bertz CT molecular complexity index is 1700. The monoisotopic (exact) mass is 642 g/mol. The Balaban J connectivity index is 1.34. The number of esters is 1. The van der Waals surface area contributed by atoms with Gasteiger partial charge in [0.2, 0.25) is 5.16 Å². The molecule has 2 aliphatic rings. The maximum absolute atomic E-state index is 14.2. The summed E-state index contributed by atoms with van der Waals surface area (Å²) in [6, 6.07) is 26.9. The summed E-state index contributed by atoms with van der Waals surface area (Å²) < 4.78 is 19.3. The Morgan fingerprint density at radius 3 is 2.28 bits per heavy atom. The molecule has 236 valence electrons. The Kier molecular flexibility index (Phi) is 9.21. The van der Waals surface area contributed by atoms with E-state index < -0.39 is 35.8 Å². The second kappa shape index (κ2) is 13.6. The van der Waals surface area contributed by atoms with Crippen LogP contribution < -0.4 is 5.32 Å². The molecule has 6 rings (SSSR count). The van der Waals surface area contributed by atoms with E-state index in [0.717, 1.165) is 11.1 Å². The number of nitrogens with one attached hydrogen (secondary N) is 1. The van der Waals surface area contributed by atoms with Gasteiger partial charge in [-0.15, -0.1) is 5.10 Å². The molecule has 0 aliphatic carbocycles. The summed E-state index contributed by atoms with van der Waals surface area (Å²) in [5.41, 5.74) is 0.344. The molecule has 1 aromatic heterocycles. The summed E-state index contributed by atoms with van der Waals surface area (Å²) in [6.07, 6.45) is -1.93. The van der Waals surface area contributed by atoms with Crippen LogP contribution in [0.15, 0.2) is 107 Å². The third kappa shape index (κ3) is 5.90. The summed E-state index contributed by atoms with van der Waals surface area (Å²) in [5.74, 6) is -1.84. The fraction of sp³-hybridized carbons (Fsp3) is 0.250. The van der Waals surface area contributed by atoms with Gasteiger partial charge in [0.25, 0.3) is 17.5 Å². The second-order valence-electron chi connectivity index (χ2n) is 10.4. The number of aromatic nitrogens is 4. The van der Waals surface area contributed by atoms with E-state index in [1.165, 1.54) is 28.5 Å². The van der Waals surface area contributed by atoms with Crippen LogP contribution in [-0.2, 0) is 30.3 Å². The number of carbonyl (C=O) groups excluding carboxylic acids is 3. The van der Waals surface area contributed by atoms with Crippen molar-refractivity contribution in [1.29, 1.82) is 0 Å². The van der Waals surface area contributed by atoms with E-state index in [1.807, 2.05) is 60.7 Å². The summed E-state index contributed by atoms with van der Waals surface area (Å²) in [4.78, 5) is 42.5. The minimum absolute atomic E-state index is 0.0200. The largest absolute Gasteiger partial charge is 0.448 e. The number of benzene rings is 3. The van der Waals surface area contributed by atoms with Crippen LogP contribution in [-0.4, -0.2) is 86.0 Å². The highest BCUT2D eigenvalue weighted by atomic mass is 32.2. The van der Waals surface area contributed by atoms with E-state index in [2.05, 4.69) is 20.8 Å². The molecule has 0 radical (unpaired) electrons. The molecule has 3 heterocycles. The van der Waals surface area contributed by atoms with Gasteiger partial charge in [0, 0.05) is 18.4 Å². The van der Waals surface area contributed by atoms with Crippen LogP contribution >= 0.6 is 11.8 Å². The van der Waals surface area contributed by atoms with Crippen molar-refractivity contribution < 1.29 is 33.7 Å². The molecule has 3 aromatic carbocycles. The van der Waals surface area contributed by atoms with Crippen molar-refractivity contribution >= 4 is 29.5 Å².